The monoisotopic (exact) mass is 548 g/mol. The van der Waals surface area contributed by atoms with Crippen molar-refractivity contribution < 1.29 is 4.79 Å². The molecule has 36 heavy (non-hydrogen) atoms. The fraction of sp³-hybridized carbons (Fsp3) is 0.423. The molecule has 1 aliphatic heterocycles. The van der Waals surface area contributed by atoms with E-state index in [4.69, 9.17) is 4.98 Å². The lowest BCUT2D eigenvalue weighted by atomic mass is 10.0. The molecule has 0 spiro atoms. The van der Waals surface area contributed by atoms with Crippen LogP contribution in [-0.4, -0.2) is 66.8 Å². The first-order valence-electron chi connectivity index (χ1n) is 12.5. The van der Waals surface area contributed by atoms with Crippen LogP contribution >= 0.6 is 15.9 Å². The Morgan fingerprint density at radius 1 is 1.14 bits per heavy atom. The van der Waals surface area contributed by atoms with Crippen molar-refractivity contribution in [1.29, 1.82) is 0 Å². The number of fused-ring (bicyclic) bond motifs is 2. The Morgan fingerprint density at radius 3 is 2.81 bits per heavy atom. The van der Waals surface area contributed by atoms with Crippen LogP contribution in [0.4, 0.5) is 5.95 Å². The van der Waals surface area contributed by atoms with Crippen LogP contribution in [0.25, 0.3) is 27.6 Å². The predicted octanol–water partition coefficient (Wildman–Crippen LogP) is 3.92. The number of pyridine rings is 1. The second-order valence-corrected chi connectivity index (χ2v) is 10.8. The van der Waals surface area contributed by atoms with E-state index >= 15 is 0 Å². The van der Waals surface area contributed by atoms with Gasteiger partial charge in [0.2, 0.25) is 11.9 Å². The molecule has 2 N–H and O–H groups in total. The largest absolute Gasteiger partial charge is 0.351 e. The Bertz CT molecular complexity index is 1430. The van der Waals surface area contributed by atoms with Crippen LogP contribution in [0.2, 0.25) is 0 Å². The second kappa shape index (κ2) is 9.40. The lowest BCUT2D eigenvalue weighted by Gasteiger charge is -2.37. The zero-order chi connectivity index (χ0) is 24.8. The molecular weight excluding hydrogens is 520 g/mol. The zero-order valence-electron chi connectivity index (χ0n) is 20.4. The zero-order valence-corrected chi connectivity index (χ0v) is 21.9. The molecule has 10 heteroatoms. The molecular formula is C26H29BrN8O. The summed E-state index contributed by atoms with van der Waals surface area (Å²) in [6.45, 7) is 5.84. The maximum Gasteiger partial charge on any atom is 0.225 e. The lowest BCUT2D eigenvalue weighted by Crippen LogP contribution is -2.56. The van der Waals surface area contributed by atoms with Crippen molar-refractivity contribution in [3.63, 3.8) is 0 Å². The first kappa shape index (κ1) is 23.3. The minimum Gasteiger partial charge on any atom is -0.351 e. The van der Waals surface area contributed by atoms with Crippen molar-refractivity contribution in [2.45, 2.75) is 51.2 Å². The number of amides is 1. The van der Waals surface area contributed by atoms with Gasteiger partial charge in [0.05, 0.1) is 16.6 Å². The van der Waals surface area contributed by atoms with Gasteiger partial charge in [-0.1, -0.05) is 6.07 Å². The SMILES string of the molecule is C[C@@H]1CN(C(=O)[C@@H]2CC[C@@H](Nc3ncc4c(Br)nn(-c5ccc6ncccc6c5)c4n3)C2)C[C@H](C)N1. The van der Waals surface area contributed by atoms with Gasteiger partial charge in [-0.25, -0.2) is 9.67 Å². The highest BCUT2D eigenvalue weighted by Crippen LogP contribution is 2.31. The smallest absolute Gasteiger partial charge is 0.225 e. The lowest BCUT2D eigenvalue weighted by molar-refractivity contribution is -0.137. The van der Waals surface area contributed by atoms with Gasteiger partial charge in [0.15, 0.2) is 5.65 Å². The third-order valence-corrected chi connectivity index (χ3v) is 7.78. The van der Waals surface area contributed by atoms with Crippen LogP contribution in [0.3, 0.4) is 0 Å². The summed E-state index contributed by atoms with van der Waals surface area (Å²) in [6.07, 6.45) is 6.20. The highest BCUT2D eigenvalue weighted by atomic mass is 79.9. The second-order valence-electron chi connectivity index (χ2n) is 10.1. The number of halogens is 1. The van der Waals surface area contributed by atoms with Gasteiger partial charge in [-0.05, 0) is 73.3 Å². The molecule has 4 heterocycles. The number of hydrogen-bond acceptors (Lipinski definition) is 7. The summed E-state index contributed by atoms with van der Waals surface area (Å²) in [4.78, 5) is 29.0. The van der Waals surface area contributed by atoms with Crippen molar-refractivity contribution in [1.82, 2.24) is 34.9 Å². The molecule has 2 fully saturated rings. The fourth-order valence-electron chi connectivity index (χ4n) is 5.60. The highest BCUT2D eigenvalue weighted by Gasteiger charge is 2.35. The molecule has 1 saturated heterocycles. The van der Waals surface area contributed by atoms with Gasteiger partial charge in [-0.2, -0.15) is 10.1 Å². The van der Waals surface area contributed by atoms with Gasteiger partial charge in [-0.3, -0.25) is 9.78 Å². The molecule has 0 radical (unpaired) electrons. The number of carbonyl (C=O) groups excluding carboxylic acids is 1. The Balaban J connectivity index is 1.21. The van der Waals surface area contributed by atoms with E-state index in [1.54, 1.807) is 12.4 Å². The van der Waals surface area contributed by atoms with E-state index in [0.717, 1.165) is 60.0 Å². The van der Waals surface area contributed by atoms with Crippen LogP contribution in [0, 0.1) is 5.92 Å². The van der Waals surface area contributed by atoms with Crippen LogP contribution in [0.15, 0.2) is 47.3 Å². The molecule has 0 bridgehead atoms. The number of anilines is 1. The van der Waals surface area contributed by atoms with Crippen LogP contribution in [0.5, 0.6) is 0 Å². The van der Waals surface area contributed by atoms with E-state index in [1.165, 1.54) is 0 Å². The van der Waals surface area contributed by atoms with E-state index in [2.05, 4.69) is 61.5 Å². The van der Waals surface area contributed by atoms with Crippen molar-refractivity contribution in [2.75, 3.05) is 18.4 Å². The Morgan fingerprint density at radius 2 is 1.97 bits per heavy atom. The van der Waals surface area contributed by atoms with Gasteiger partial charge in [0, 0.05) is 54.9 Å². The summed E-state index contributed by atoms with van der Waals surface area (Å²) in [6, 6.07) is 10.8. The maximum absolute atomic E-state index is 13.2. The van der Waals surface area contributed by atoms with Crippen molar-refractivity contribution >= 4 is 49.7 Å². The van der Waals surface area contributed by atoms with Gasteiger partial charge >= 0.3 is 0 Å². The number of nitrogens with one attached hydrogen (secondary N) is 2. The Labute approximate surface area is 217 Å². The minimum atomic E-state index is 0.0506. The number of benzene rings is 1. The van der Waals surface area contributed by atoms with Crippen LogP contribution in [-0.2, 0) is 4.79 Å². The standard InChI is InChI=1S/C26H29BrN8O/c1-15-13-34(14-16(2)30-15)25(36)18-5-6-19(10-18)31-26-29-12-21-23(27)33-35(24(21)32-26)20-7-8-22-17(11-20)4-3-9-28-22/h3-4,7-9,11-12,15-16,18-19,30H,5-6,10,13-14H2,1-2H3,(H,29,31,32)/t15-,16+,18-,19-/m1/s1. The van der Waals surface area contributed by atoms with Gasteiger partial charge in [-0.15, -0.1) is 0 Å². The number of piperazine rings is 1. The molecule has 6 rings (SSSR count). The molecule has 1 saturated carbocycles. The molecule has 1 aliphatic carbocycles. The number of aromatic nitrogens is 5. The third kappa shape index (κ3) is 4.43. The molecule has 1 aromatic carbocycles. The molecule has 4 atom stereocenters. The molecule has 1 amide bonds. The predicted molar refractivity (Wildman–Crippen MR) is 143 cm³/mol. The maximum atomic E-state index is 13.2. The molecule has 4 aromatic rings. The topological polar surface area (TPSA) is 101 Å². The summed E-state index contributed by atoms with van der Waals surface area (Å²) in [5.41, 5.74) is 2.56. The minimum absolute atomic E-state index is 0.0506. The summed E-state index contributed by atoms with van der Waals surface area (Å²) < 4.78 is 2.52. The van der Waals surface area contributed by atoms with Crippen molar-refractivity contribution in [3.05, 3.63) is 47.3 Å². The molecule has 2 aliphatic rings. The average molecular weight is 549 g/mol. The molecule has 0 unspecified atom stereocenters. The van der Waals surface area contributed by atoms with Gasteiger partial charge in [0.1, 0.15) is 4.60 Å². The van der Waals surface area contributed by atoms with Gasteiger partial charge < -0.3 is 15.5 Å². The third-order valence-electron chi connectivity index (χ3n) is 7.19. The summed E-state index contributed by atoms with van der Waals surface area (Å²) >= 11 is 3.56. The number of carbonyl (C=O) groups is 1. The van der Waals surface area contributed by atoms with E-state index in [1.807, 2.05) is 33.8 Å². The Kier molecular flexibility index (Phi) is 6.08. The highest BCUT2D eigenvalue weighted by molar-refractivity contribution is 9.10. The summed E-state index contributed by atoms with van der Waals surface area (Å²) in [7, 11) is 0. The molecule has 9 nitrogen and oxygen atoms in total. The van der Waals surface area contributed by atoms with E-state index in [9.17, 15) is 4.79 Å². The van der Waals surface area contributed by atoms with E-state index in [0.29, 0.717) is 22.6 Å². The number of nitrogens with zero attached hydrogens (tertiary/aromatic N) is 6. The fourth-order valence-corrected chi connectivity index (χ4v) is 6.04. The first-order chi connectivity index (χ1) is 17.4. The molecule has 186 valence electrons. The van der Waals surface area contributed by atoms with Crippen molar-refractivity contribution in [3.8, 4) is 5.69 Å². The quantitative estimate of drug-likeness (QED) is 0.398. The average Bonchev–Trinajstić information content (AvgIpc) is 3.47. The normalized spacial score (nSPS) is 24.5. The van der Waals surface area contributed by atoms with E-state index in [-0.39, 0.29) is 17.9 Å². The van der Waals surface area contributed by atoms with Gasteiger partial charge in [0.25, 0.3) is 0 Å². The van der Waals surface area contributed by atoms with Crippen molar-refractivity contribution in [2.24, 2.45) is 5.92 Å². The first-order valence-corrected chi connectivity index (χ1v) is 13.3. The Hall–Kier alpha value is -3.11. The summed E-state index contributed by atoms with van der Waals surface area (Å²) in [5.74, 6) is 0.888. The van der Waals surface area contributed by atoms with Crippen LogP contribution in [0.1, 0.15) is 33.1 Å². The molecule has 3 aromatic heterocycles. The summed E-state index contributed by atoms with van der Waals surface area (Å²) in [5, 5.41) is 13.5. The number of hydrogen-bond donors (Lipinski definition) is 2. The van der Waals surface area contributed by atoms with Crippen LogP contribution < -0.4 is 10.6 Å². The van der Waals surface area contributed by atoms with E-state index < -0.39 is 0 Å². The number of rotatable bonds is 4.